The summed E-state index contributed by atoms with van der Waals surface area (Å²) in [6, 6.07) is 0.0424. The largest absolute Gasteiger partial charge is 0.354 e. The minimum Gasteiger partial charge on any atom is -0.354 e. The van der Waals surface area contributed by atoms with Crippen molar-refractivity contribution in [3.8, 4) is 0 Å². The fraction of sp³-hybridized carbons (Fsp3) is 0.833. The Balaban J connectivity index is 2.54. The first kappa shape index (κ1) is 14.9. The molecule has 1 unspecified atom stereocenters. The van der Waals surface area contributed by atoms with Gasteiger partial charge in [-0.05, 0) is 18.8 Å². The van der Waals surface area contributed by atoms with Gasteiger partial charge in [-0.15, -0.1) is 0 Å². The number of amides is 2. The molecule has 1 aliphatic heterocycles. The smallest absolute Gasteiger partial charge is 0.251 e. The molecule has 4 N–H and O–H groups in total. The fourth-order valence-electron chi connectivity index (χ4n) is 2.59. The molecular formula is C12H24N4O2. The molecule has 0 aliphatic carbocycles. The summed E-state index contributed by atoms with van der Waals surface area (Å²) in [5.74, 6) is 5.31. The lowest BCUT2D eigenvalue weighted by Crippen LogP contribution is -2.55. The molecule has 0 saturated carbocycles. The maximum atomic E-state index is 11.8. The van der Waals surface area contributed by atoms with E-state index in [-0.39, 0.29) is 29.8 Å². The average molecular weight is 256 g/mol. The van der Waals surface area contributed by atoms with Crippen molar-refractivity contribution in [1.82, 2.24) is 15.6 Å². The van der Waals surface area contributed by atoms with Crippen LogP contribution in [0.2, 0.25) is 0 Å². The van der Waals surface area contributed by atoms with Crippen LogP contribution in [0.5, 0.6) is 0 Å². The van der Waals surface area contributed by atoms with Gasteiger partial charge in [-0.25, -0.2) is 5.84 Å². The molecule has 0 aromatic heterocycles. The van der Waals surface area contributed by atoms with E-state index in [4.69, 9.17) is 5.84 Å². The van der Waals surface area contributed by atoms with Gasteiger partial charge < -0.3 is 5.32 Å². The first-order chi connectivity index (χ1) is 8.45. The van der Waals surface area contributed by atoms with Crippen LogP contribution >= 0.6 is 0 Å². The van der Waals surface area contributed by atoms with Crippen LogP contribution in [0.15, 0.2) is 0 Å². The predicted molar refractivity (Wildman–Crippen MR) is 69.4 cm³/mol. The van der Waals surface area contributed by atoms with Crippen LogP contribution in [-0.2, 0) is 9.59 Å². The van der Waals surface area contributed by atoms with Gasteiger partial charge in [0.15, 0.2) is 0 Å². The second-order valence-corrected chi connectivity index (χ2v) is 5.21. The average Bonchev–Trinajstić information content (AvgIpc) is 2.30. The molecule has 6 heteroatoms. The van der Waals surface area contributed by atoms with E-state index in [0.717, 1.165) is 25.9 Å². The van der Waals surface area contributed by atoms with Crippen LogP contribution in [0, 0.1) is 5.92 Å². The fourth-order valence-corrected chi connectivity index (χ4v) is 2.59. The Kier molecular flexibility index (Phi) is 5.55. The molecule has 1 saturated heterocycles. The third kappa shape index (κ3) is 3.96. The Morgan fingerprint density at radius 3 is 2.22 bits per heavy atom. The Morgan fingerprint density at radius 2 is 1.83 bits per heavy atom. The molecular weight excluding hydrogens is 232 g/mol. The van der Waals surface area contributed by atoms with E-state index in [1.165, 1.54) is 6.92 Å². The first-order valence-corrected chi connectivity index (χ1v) is 6.47. The van der Waals surface area contributed by atoms with Gasteiger partial charge in [0.05, 0.1) is 6.04 Å². The van der Waals surface area contributed by atoms with E-state index in [1.54, 1.807) is 0 Å². The van der Waals surface area contributed by atoms with Crippen LogP contribution in [0.4, 0.5) is 0 Å². The standard InChI is InChI=1S/C12H24N4O2/c1-8(2)11(12(18)15-13)16-6-4-10(5-7-16)14-9(3)17/h8,10-11H,4-7,13H2,1-3H3,(H,14,17)(H,15,18). The highest BCUT2D eigenvalue weighted by molar-refractivity contribution is 5.81. The van der Waals surface area contributed by atoms with Crippen molar-refractivity contribution in [1.29, 1.82) is 0 Å². The number of nitrogens with two attached hydrogens (primary N) is 1. The molecule has 1 atom stereocenters. The number of hydrazine groups is 1. The molecule has 1 rings (SSSR count). The van der Waals surface area contributed by atoms with Gasteiger partial charge in [0.1, 0.15) is 0 Å². The van der Waals surface area contributed by atoms with Crippen LogP contribution in [-0.4, -0.2) is 41.9 Å². The number of carbonyl (C=O) groups is 2. The van der Waals surface area contributed by atoms with E-state index in [1.807, 2.05) is 13.8 Å². The monoisotopic (exact) mass is 256 g/mol. The number of nitrogens with zero attached hydrogens (tertiary/aromatic N) is 1. The number of hydrogen-bond donors (Lipinski definition) is 3. The number of nitrogens with one attached hydrogen (secondary N) is 2. The van der Waals surface area contributed by atoms with Gasteiger partial charge in [0.25, 0.3) is 5.91 Å². The number of rotatable bonds is 4. The zero-order chi connectivity index (χ0) is 13.7. The number of carbonyl (C=O) groups excluding carboxylic acids is 2. The van der Waals surface area contributed by atoms with Gasteiger partial charge in [-0.1, -0.05) is 13.8 Å². The second kappa shape index (κ2) is 6.70. The third-order valence-corrected chi connectivity index (χ3v) is 3.37. The topological polar surface area (TPSA) is 87.5 Å². The van der Waals surface area contributed by atoms with Crippen molar-refractivity contribution in [2.75, 3.05) is 13.1 Å². The van der Waals surface area contributed by atoms with Gasteiger partial charge in [-0.2, -0.15) is 0 Å². The maximum Gasteiger partial charge on any atom is 0.251 e. The highest BCUT2D eigenvalue weighted by Gasteiger charge is 2.31. The molecule has 0 aromatic carbocycles. The van der Waals surface area contributed by atoms with Crippen LogP contribution in [0.3, 0.4) is 0 Å². The molecule has 1 fully saturated rings. The molecule has 1 aliphatic rings. The maximum absolute atomic E-state index is 11.8. The SMILES string of the molecule is CC(=O)NC1CCN(C(C(=O)NN)C(C)C)CC1. The van der Waals surface area contributed by atoms with Gasteiger partial charge in [0.2, 0.25) is 5.91 Å². The number of piperidine rings is 1. The molecule has 2 amide bonds. The van der Waals surface area contributed by atoms with Crippen molar-refractivity contribution in [2.45, 2.75) is 45.7 Å². The molecule has 0 bridgehead atoms. The lowest BCUT2D eigenvalue weighted by molar-refractivity contribution is -0.129. The summed E-state index contributed by atoms with van der Waals surface area (Å²) >= 11 is 0. The molecule has 104 valence electrons. The Bertz CT molecular complexity index is 298. The molecule has 18 heavy (non-hydrogen) atoms. The van der Waals surface area contributed by atoms with Crippen molar-refractivity contribution in [3.63, 3.8) is 0 Å². The number of likely N-dealkylation sites (tertiary alicyclic amines) is 1. The summed E-state index contributed by atoms with van der Waals surface area (Å²) in [6.07, 6.45) is 1.75. The Labute approximate surface area is 108 Å². The van der Waals surface area contributed by atoms with Crippen molar-refractivity contribution in [2.24, 2.45) is 11.8 Å². The highest BCUT2D eigenvalue weighted by atomic mass is 16.2. The molecule has 0 aromatic rings. The van der Waals surface area contributed by atoms with Crippen molar-refractivity contribution < 1.29 is 9.59 Å². The summed E-state index contributed by atoms with van der Waals surface area (Å²) < 4.78 is 0. The summed E-state index contributed by atoms with van der Waals surface area (Å²) in [7, 11) is 0. The van der Waals surface area contributed by atoms with Crippen LogP contribution < -0.4 is 16.6 Å². The Hall–Kier alpha value is -1.14. The predicted octanol–water partition coefficient (Wildman–Crippen LogP) is -0.399. The minimum absolute atomic E-state index is 0.00793. The molecule has 1 heterocycles. The summed E-state index contributed by atoms with van der Waals surface area (Å²) in [5.41, 5.74) is 2.24. The van der Waals surface area contributed by atoms with E-state index in [0.29, 0.717) is 0 Å². The van der Waals surface area contributed by atoms with Gasteiger partial charge in [0, 0.05) is 26.1 Å². The molecule has 0 spiro atoms. The quantitative estimate of drug-likeness (QED) is 0.363. The van der Waals surface area contributed by atoms with Gasteiger partial charge >= 0.3 is 0 Å². The summed E-state index contributed by atoms with van der Waals surface area (Å²) in [5, 5.41) is 2.92. The lowest BCUT2D eigenvalue weighted by Gasteiger charge is -2.38. The van der Waals surface area contributed by atoms with Crippen molar-refractivity contribution in [3.05, 3.63) is 0 Å². The first-order valence-electron chi connectivity index (χ1n) is 6.47. The number of hydrogen-bond acceptors (Lipinski definition) is 4. The zero-order valence-electron chi connectivity index (χ0n) is 11.4. The van der Waals surface area contributed by atoms with Crippen molar-refractivity contribution >= 4 is 11.8 Å². The second-order valence-electron chi connectivity index (χ2n) is 5.21. The molecule has 6 nitrogen and oxygen atoms in total. The van der Waals surface area contributed by atoms with E-state index < -0.39 is 0 Å². The zero-order valence-corrected chi connectivity index (χ0v) is 11.4. The van der Waals surface area contributed by atoms with E-state index in [9.17, 15) is 9.59 Å². The van der Waals surface area contributed by atoms with E-state index in [2.05, 4.69) is 15.6 Å². The Morgan fingerprint density at radius 1 is 1.28 bits per heavy atom. The normalized spacial score (nSPS) is 19.6. The van der Waals surface area contributed by atoms with Crippen LogP contribution in [0.1, 0.15) is 33.6 Å². The van der Waals surface area contributed by atoms with E-state index >= 15 is 0 Å². The third-order valence-electron chi connectivity index (χ3n) is 3.37. The van der Waals surface area contributed by atoms with Gasteiger partial charge in [-0.3, -0.25) is 19.9 Å². The highest BCUT2D eigenvalue weighted by Crippen LogP contribution is 2.18. The van der Waals surface area contributed by atoms with Crippen LogP contribution in [0.25, 0.3) is 0 Å². The summed E-state index contributed by atoms with van der Waals surface area (Å²) in [4.78, 5) is 24.9. The minimum atomic E-state index is -0.187. The molecule has 0 radical (unpaired) electrons. The summed E-state index contributed by atoms with van der Waals surface area (Å²) in [6.45, 7) is 7.17. The lowest BCUT2D eigenvalue weighted by atomic mass is 9.97.